The zero-order chi connectivity index (χ0) is 15.2. The maximum atomic E-state index is 14.2. The van der Waals surface area contributed by atoms with Gasteiger partial charge in [-0.05, 0) is 32.0 Å². The maximum Gasteiger partial charge on any atom is 0.128 e. The lowest BCUT2D eigenvalue weighted by molar-refractivity contribution is 0.402. The Morgan fingerprint density at radius 2 is 1.90 bits per heavy atom. The van der Waals surface area contributed by atoms with Crippen molar-refractivity contribution >= 4 is 0 Å². The molecule has 21 heavy (non-hydrogen) atoms. The highest BCUT2D eigenvalue weighted by Gasteiger charge is 2.20. The minimum absolute atomic E-state index is 0.199. The Hall–Kier alpha value is -1.87. The van der Waals surface area contributed by atoms with E-state index >= 15 is 0 Å². The van der Waals surface area contributed by atoms with Gasteiger partial charge in [0.2, 0.25) is 0 Å². The summed E-state index contributed by atoms with van der Waals surface area (Å²) in [7, 11) is 1.65. The van der Waals surface area contributed by atoms with Gasteiger partial charge < -0.3 is 10.1 Å². The first-order valence-electron chi connectivity index (χ1n) is 7.29. The van der Waals surface area contributed by atoms with Gasteiger partial charge in [0.25, 0.3) is 0 Å². The SMILES string of the molecule is CCCNC(c1ccccc1F)c1cc(C)ccc1OC. The number of hydrogen-bond donors (Lipinski definition) is 1. The standard InChI is InChI=1S/C18H22FNO/c1-4-11-20-18(14-7-5-6-8-16(14)19)15-12-13(2)9-10-17(15)21-3/h5-10,12,18,20H,4,11H2,1-3H3. The predicted octanol–water partition coefficient (Wildman–Crippen LogP) is 4.23. The number of nitrogens with one attached hydrogen (secondary N) is 1. The molecule has 2 aromatic rings. The minimum atomic E-state index is -0.207. The van der Waals surface area contributed by atoms with E-state index in [0.717, 1.165) is 29.8 Å². The number of rotatable bonds is 6. The third-order valence-electron chi connectivity index (χ3n) is 3.51. The van der Waals surface area contributed by atoms with Crippen LogP contribution in [0.15, 0.2) is 42.5 Å². The molecule has 0 saturated heterocycles. The first-order chi connectivity index (χ1) is 10.2. The van der Waals surface area contributed by atoms with Crippen LogP contribution in [0.2, 0.25) is 0 Å². The van der Waals surface area contributed by atoms with Crippen molar-refractivity contribution in [2.75, 3.05) is 13.7 Å². The monoisotopic (exact) mass is 287 g/mol. The minimum Gasteiger partial charge on any atom is -0.496 e. The Morgan fingerprint density at radius 3 is 2.57 bits per heavy atom. The average molecular weight is 287 g/mol. The average Bonchev–Trinajstić information content (AvgIpc) is 2.49. The van der Waals surface area contributed by atoms with Crippen LogP contribution in [0, 0.1) is 12.7 Å². The molecule has 1 N–H and O–H groups in total. The third-order valence-corrected chi connectivity index (χ3v) is 3.51. The Balaban J connectivity index is 2.50. The molecular formula is C18H22FNO. The fourth-order valence-electron chi connectivity index (χ4n) is 2.46. The van der Waals surface area contributed by atoms with Gasteiger partial charge in [-0.1, -0.05) is 42.8 Å². The highest BCUT2D eigenvalue weighted by molar-refractivity contribution is 5.44. The van der Waals surface area contributed by atoms with Gasteiger partial charge in [-0.25, -0.2) is 4.39 Å². The van der Waals surface area contributed by atoms with Crippen LogP contribution >= 0.6 is 0 Å². The Labute approximate surface area is 126 Å². The second kappa shape index (κ2) is 7.23. The largest absolute Gasteiger partial charge is 0.496 e. The van der Waals surface area contributed by atoms with E-state index in [9.17, 15) is 4.39 Å². The lowest BCUT2D eigenvalue weighted by Gasteiger charge is -2.22. The molecule has 1 unspecified atom stereocenters. The molecule has 0 spiro atoms. The van der Waals surface area contributed by atoms with E-state index < -0.39 is 0 Å². The van der Waals surface area contributed by atoms with Crippen LogP contribution in [0.5, 0.6) is 5.75 Å². The predicted molar refractivity (Wildman–Crippen MR) is 84.3 cm³/mol. The summed E-state index contributed by atoms with van der Waals surface area (Å²) in [6.45, 7) is 4.94. The lowest BCUT2D eigenvalue weighted by atomic mass is 9.95. The Kier molecular flexibility index (Phi) is 5.34. The molecule has 0 aliphatic rings. The Bertz CT molecular complexity index is 598. The Morgan fingerprint density at radius 1 is 1.14 bits per heavy atom. The summed E-state index contributed by atoms with van der Waals surface area (Å²) in [6.07, 6.45) is 0.985. The van der Waals surface area contributed by atoms with Gasteiger partial charge in [0.1, 0.15) is 11.6 Å². The van der Waals surface area contributed by atoms with Crippen LogP contribution in [0.4, 0.5) is 4.39 Å². The van der Waals surface area contributed by atoms with Crippen molar-refractivity contribution in [2.45, 2.75) is 26.3 Å². The molecule has 2 nitrogen and oxygen atoms in total. The molecule has 3 heteroatoms. The number of benzene rings is 2. The maximum absolute atomic E-state index is 14.2. The summed E-state index contributed by atoms with van der Waals surface area (Å²) < 4.78 is 19.7. The van der Waals surface area contributed by atoms with E-state index in [4.69, 9.17) is 4.74 Å². The van der Waals surface area contributed by atoms with Crippen molar-refractivity contribution in [3.05, 3.63) is 65.0 Å². The smallest absolute Gasteiger partial charge is 0.128 e. The fraction of sp³-hybridized carbons (Fsp3) is 0.333. The van der Waals surface area contributed by atoms with Gasteiger partial charge >= 0.3 is 0 Å². The normalized spacial score (nSPS) is 12.2. The number of methoxy groups -OCH3 is 1. The fourth-order valence-corrected chi connectivity index (χ4v) is 2.46. The third kappa shape index (κ3) is 3.61. The molecule has 2 rings (SSSR count). The molecule has 1 atom stereocenters. The van der Waals surface area contributed by atoms with E-state index in [-0.39, 0.29) is 11.9 Å². The summed E-state index contributed by atoms with van der Waals surface area (Å²) in [4.78, 5) is 0. The molecular weight excluding hydrogens is 265 g/mol. The van der Waals surface area contributed by atoms with Crippen molar-refractivity contribution in [1.29, 1.82) is 0 Å². The quantitative estimate of drug-likeness (QED) is 0.858. The molecule has 0 radical (unpaired) electrons. The van der Waals surface area contributed by atoms with Gasteiger partial charge in [-0.15, -0.1) is 0 Å². The number of aryl methyl sites for hydroxylation is 1. The number of ether oxygens (including phenoxy) is 1. The van der Waals surface area contributed by atoms with E-state index in [1.807, 2.05) is 31.2 Å². The van der Waals surface area contributed by atoms with Gasteiger partial charge in [-0.2, -0.15) is 0 Å². The van der Waals surface area contributed by atoms with Crippen LogP contribution in [0.25, 0.3) is 0 Å². The second-order valence-corrected chi connectivity index (χ2v) is 5.15. The van der Waals surface area contributed by atoms with Crippen molar-refractivity contribution in [3.8, 4) is 5.75 Å². The van der Waals surface area contributed by atoms with Crippen molar-refractivity contribution in [1.82, 2.24) is 5.32 Å². The second-order valence-electron chi connectivity index (χ2n) is 5.15. The van der Waals surface area contributed by atoms with Gasteiger partial charge in [0.15, 0.2) is 0 Å². The summed E-state index contributed by atoms with van der Waals surface area (Å²) in [6, 6.07) is 12.7. The molecule has 0 aliphatic heterocycles. The highest BCUT2D eigenvalue weighted by Crippen LogP contribution is 2.32. The van der Waals surface area contributed by atoms with Crippen LogP contribution in [-0.2, 0) is 0 Å². The molecule has 0 bridgehead atoms. The van der Waals surface area contributed by atoms with E-state index in [1.165, 1.54) is 6.07 Å². The molecule has 2 aromatic carbocycles. The van der Waals surface area contributed by atoms with Crippen LogP contribution in [-0.4, -0.2) is 13.7 Å². The summed E-state index contributed by atoms with van der Waals surface area (Å²) >= 11 is 0. The number of hydrogen-bond acceptors (Lipinski definition) is 2. The topological polar surface area (TPSA) is 21.3 Å². The van der Waals surface area contributed by atoms with E-state index in [2.05, 4.69) is 18.3 Å². The zero-order valence-corrected chi connectivity index (χ0v) is 12.8. The molecule has 0 aromatic heterocycles. The van der Waals surface area contributed by atoms with Crippen LogP contribution < -0.4 is 10.1 Å². The summed E-state index contributed by atoms with van der Waals surface area (Å²) in [5.41, 5.74) is 2.75. The molecule has 0 fully saturated rings. The van der Waals surface area contributed by atoms with Crippen molar-refractivity contribution in [2.24, 2.45) is 0 Å². The molecule has 0 heterocycles. The van der Waals surface area contributed by atoms with E-state index in [0.29, 0.717) is 5.56 Å². The van der Waals surface area contributed by atoms with Crippen LogP contribution in [0.3, 0.4) is 0 Å². The van der Waals surface area contributed by atoms with Crippen molar-refractivity contribution < 1.29 is 9.13 Å². The van der Waals surface area contributed by atoms with Crippen molar-refractivity contribution in [3.63, 3.8) is 0 Å². The molecule has 112 valence electrons. The first-order valence-corrected chi connectivity index (χ1v) is 7.29. The summed E-state index contributed by atoms with van der Waals surface area (Å²) in [5.74, 6) is 0.576. The molecule has 0 aliphatic carbocycles. The van der Waals surface area contributed by atoms with E-state index in [1.54, 1.807) is 13.2 Å². The summed E-state index contributed by atoms with van der Waals surface area (Å²) in [5, 5.41) is 3.42. The van der Waals surface area contributed by atoms with Gasteiger partial charge in [0.05, 0.1) is 13.2 Å². The van der Waals surface area contributed by atoms with Gasteiger partial charge in [0, 0.05) is 11.1 Å². The van der Waals surface area contributed by atoms with Crippen LogP contribution in [0.1, 0.15) is 36.1 Å². The first kappa shape index (κ1) is 15.5. The zero-order valence-electron chi connectivity index (χ0n) is 12.8. The molecule has 0 amide bonds. The lowest BCUT2D eigenvalue weighted by Crippen LogP contribution is -2.24. The molecule has 0 saturated carbocycles. The van der Waals surface area contributed by atoms with Gasteiger partial charge in [-0.3, -0.25) is 0 Å². The number of halogens is 1. The highest BCUT2D eigenvalue weighted by atomic mass is 19.1.